The predicted molar refractivity (Wildman–Crippen MR) is 139 cm³/mol. The Balaban J connectivity index is 1.47. The molecule has 0 unspecified atom stereocenters. The Labute approximate surface area is 200 Å². The maximum atomic E-state index is 5.92. The van der Waals surface area contributed by atoms with Crippen LogP contribution in [0.25, 0.3) is 21.8 Å². The highest BCUT2D eigenvalue weighted by molar-refractivity contribution is 6.04. The van der Waals surface area contributed by atoms with E-state index in [9.17, 15) is 0 Å². The number of fused-ring (bicyclic) bond motifs is 3. The fraction of sp³-hybridized carbons (Fsp3) is 0.586. The zero-order valence-electron chi connectivity index (χ0n) is 20.8. The molecule has 0 aliphatic carbocycles. The van der Waals surface area contributed by atoms with Crippen molar-refractivity contribution in [1.82, 2.24) is 9.97 Å². The lowest BCUT2D eigenvalue weighted by molar-refractivity contribution is 0.294. The van der Waals surface area contributed by atoms with E-state index in [0.29, 0.717) is 11.8 Å². The molecule has 0 saturated carbocycles. The largest absolute Gasteiger partial charge is 0.478 e. The Bertz CT molecular complexity index is 957. The quantitative estimate of drug-likeness (QED) is 0.152. The van der Waals surface area contributed by atoms with E-state index in [1.165, 1.54) is 70.6 Å². The molecule has 2 heterocycles. The molecule has 0 N–H and O–H groups in total. The van der Waals surface area contributed by atoms with Crippen molar-refractivity contribution >= 4 is 21.8 Å². The Hall–Kier alpha value is -2.36. The minimum absolute atomic E-state index is 0.704. The SMILES string of the molecule is CCCCCCCCCCOc1ccc2c(ccc3nc(OCCCCCCC)ccc32)n1. The van der Waals surface area contributed by atoms with E-state index >= 15 is 0 Å². The second kappa shape index (κ2) is 14.7. The molecule has 3 aromatic rings. The van der Waals surface area contributed by atoms with Gasteiger partial charge in [-0.05, 0) is 37.1 Å². The van der Waals surface area contributed by atoms with Crippen LogP contribution in [0, 0.1) is 0 Å². The van der Waals surface area contributed by atoms with Crippen LogP contribution in [-0.4, -0.2) is 23.2 Å². The summed E-state index contributed by atoms with van der Waals surface area (Å²) < 4.78 is 11.8. The first-order valence-corrected chi connectivity index (χ1v) is 13.3. The lowest BCUT2D eigenvalue weighted by Crippen LogP contribution is -2.00. The molecule has 0 spiro atoms. The molecular weight excluding hydrogens is 408 g/mol. The van der Waals surface area contributed by atoms with Gasteiger partial charge in [-0.2, -0.15) is 0 Å². The van der Waals surface area contributed by atoms with Crippen molar-refractivity contribution in [3.8, 4) is 11.8 Å². The van der Waals surface area contributed by atoms with Crippen LogP contribution in [0.1, 0.15) is 97.3 Å². The fourth-order valence-electron chi connectivity index (χ4n) is 4.24. The summed E-state index contributed by atoms with van der Waals surface area (Å²) in [6, 6.07) is 12.2. The fourth-order valence-corrected chi connectivity index (χ4v) is 4.24. The van der Waals surface area contributed by atoms with Gasteiger partial charge in [0.2, 0.25) is 11.8 Å². The van der Waals surface area contributed by atoms with Crippen molar-refractivity contribution in [2.24, 2.45) is 0 Å². The molecular formula is C29H42N2O2. The van der Waals surface area contributed by atoms with Gasteiger partial charge in [-0.1, -0.05) is 84.5 Å². The molecule has 0 bridgehead atoms. The van der Waals surface area contributed by atoms with Gasteiger partial charge in [-0.15, -0.1) is 0 Å². The zero-order valence-corrected chi connectivity index (χ0v) is 20.8. The molecule has 3 rings (SSSR count). The van der Waals surface area contributed by atoms with Crippen molar-refractivity contribution in [2.45, 2.75) is 97.3 Å². The number of rotatable bonds is 17. The molecule has 0 fully saturated rings. The first-order chi connectivity index (χ1) is 16.3. The molecule has 0 radical (unpaired) electrons. The van der Waals surface area contributed by atoms with Gasteiger partial charge < -0.3 is 9.47 Å². The van der Waals surface area contributed by atoms with Crippen molar-refractivity contribution in [1.29, 1.82) is 0 Å². The molecule has 2 aromatic heterocycles. The molecule has 0 aliphatic heterocycles. The molecule has 4 heteroatoms. The highest BCUT2D eigenvalue weighted by atomic mass is 16.5. The molecule has 0 aliphatic rings. The summed E-state index contributed by atoms with van der Waals surface area (Å²) in [7, 11) is 0. The van der Waals surface area contributed by atoms with Crippen LogP contribution in [0.3, 0.4) is 0 Å². The van der Waals surface area contributed by atoms with Gasteiger partial charge >= 0.3 is 0 Å². The predicted octanol–water partition coefficient (Wildman–Crippen LogP) is 8.65. The second-order valence-electron chi connectivity index (χ2n) is 9.08. The average Bonchev–Trinajstić information content (AvgIpc) is 2.84. The number of unbranched alkanes of at least 4 members (excludes halogenated alkanes) is 11. The van der Waals surface area contributed by atoms with Crippen molar-refractivity contribution in [2.75, 3.05) is 13.2 Å². The van der Waals surface area contributed by atoms with E-state index in [4.69, 9.17) is 19.4 Å². The molecule has 0 atom stereocenters. The monoisotopic (exact) mass is 450 g/mol. The number of nitrogens with zero attached hydrogens (tertiary/aromatic N) is 2. The van der Waals surface area contributed by atoms with E-state index in [1.54, 1.807) is 0 Å². The van der Waals surface area contributed by atoms with Crippen LogP contribution < -0.4 is 9.47 Å². The van der Waals surface area contributed by atoms with E-state index in [-0.39, 0.29) is 0 Å². The Kier molecular flexibility index (Phi) is 11.3. The topological polar surface area (TPSA) is 44.2 Å². The highest BCUT2D eigenvalue weighted by Crippen LogP contribution is 2.27. The van der Waals surface area contributed by atoms with Crippen LogP contribution in [-0.2, 0) is 0 Å². The van der Waals surface area contributed by atoms with Crippen LogP contribution in [0.4, 0.5) is 0 Å². The van der Waals surface area contributed by atoms with E-state index < -0.39 is 0 Å². The second-order valence-corrected chi connectivity index (χ2v) is 9.08. The lowest BCUT2D eigenvalue weighted by atomic mass is 10.1. The third kappa shape index (κ3) is 8.49. The maximum absolute atomic E-state index is 5.92. The third-order valence-electron chi connectivity index (χ3n) is 6.23. The number of hydrogen-bond donors (Lipinski definition) is 0. The zero-order chi connectivity index (χ0) is 23.1. The summed E-state index contributed by atoms with van der Waals surface area (Å²) in [4.78, 5) is 9.42. The van der Waals surface area contributed by atoms with Crippen molar-refractivity contribution < 1.29 is 9.47 Å². The van der Waals surface area contributed by atoms with E-state index in [2.05, 4.69) is 26.0 Å². The van der Waals surface area contributed by atoms with Gasteiger partial charge in [0.15, 0.2) is 0 Å². The summed E-state index contributed by atoms with van der Waals surface area (Å²) in [5.41, 5.74) is 1.89. The van der Waals surface area contributed by atoms with Crippen molar-refractivity contribution in [3.63, 3.8) is 0 Å². The molecule has 0 amide bonds. The molecule has 180 valence electrons. The standard InChI is InChI=1S/C29H42N2O2/c1-3-5-7-9-10-11-13-15-23-33-29-21-17-25-24-16-20-28(32-22-14-12-8-6-4-2)30-26(24)18-19-27(25)31-29/h16-21H,3-15,22-23H2,1-2H3. The number of pyridine rings is 2. The normalized spacial score (nSPS) is 11.3. The molecule has 4 nitrogen and oxygen atoms in total. The van der Waals surface area contributed by atoms with Crippen LogP contribution in [0.5, 0.6) is 11.8 Å². The van der Waals surface area contributed by atoms with Gasteiger partial charge in [0.05, 0.1) is 24.2 Å². The van der Waals surface area contributed by atoms with Crippen LogP contribution in [0.2, 0.25) is 0 Å². The lowest BCUT2D eigenvalue weighted by Gasteiger charge is -2.09. The first kappa shape index (κ1) is 25.3. The average molecular weight is 451 g/mol. The van der Waals surface area contributed by atoms with Gasteiger partial charge in [0.1, 0.15) is 0 Å². The highest BCUT2D eigenvalue weighted by Gasteiger charge is 2.07. The molecule has 1 aromatic carbocycles. The van der Waals surface area contributed by atoms with Gasteiger partial charge in [0.25, 0.3) is 0 Å². The molecule has 33 heavy (non-hydrogen) atoms. The van der Waals surface area contributed by atoms with Gasteiger partial charge in [0, 0.05) is 22.9 Å². The summed E-state index contributed by atoms with van der Waals surface area (Å²) in [6.07, 6.45) is 16.6. The Morgan fingerprint density at radius 2 is 0.879 bits per heavy atom. The Morgan fingerprint density at radius 1 is 0.485 bits per heavy atom. The number of hydrogen-bond acceptors (Lipinski definition) is 4. The van der Waals surface area contributed by atoms with E-state index in [0.717, 1.165) is 47.9 Å². The number of aromatic nitrogens is 2. The summed E-state index contributed by atoms with van der Waals surface area (Å²) >= 11 is 0. The summed E-state index contributed by atoms with van der Waals surface area (Å²) in [6.45, 7) is 5.97. The van der Waals surface area contributed by atoms with Crippen LogP contribution >= 0.6 is 0 Å². The number of ether oxygens (including phenoxy) is 2. The molecule has 0 saturated heterocycles. The van der Waals surface area contributed by atoms with Crippen molar-refractivity contribution in [3.05, 3.63) is 36.4 Å². The maximum Gasteiger partial charge on any atom is 0.213 e. The smallest absolute Gasteiger partial charge is 0.213 e. The van der Waals surface area contributed by atoms with Crippen LogP contribution in [0.15, 0.2) is 36.4 Å². The van der Waals surface area contributed by atoms with E-state index in [1.807, 2.05) is 24.3 Å². The number of benzene rings is 1. The Morgan fingerprint density at radius 3 is 1.30 bits per heavy atom. The van der Waals surface area contributed by atoms with Gasteiger partial charge in [-0.25, -0.2) is 9.97 Å². The third-order valence-corrected chi connectivity index (χ3v) is 6.23. The minimum Gasteiger partial charge on any atom is -0.478 e. The van der Waals surface area contributed by atoms with Gasteiger partial charge in [-0.3, -0.25) is 0 Å². The summed E-state index contributed by atoms with van der Waals surface area (Å²) in [5, 5.41) is 2.20. The minimum atomic E-state index is 0.704. The first-order valence-electron chi connectivity index (χ1n) is 13.3. The summed E-state index contributed by atoms with van der Waals surface area (Å²) in [5.74, 6) is 1.41.